The highest BCUT2D eigenvalue weighted by atomic mass is 35.5. The fourth-order valence-electron chi connectivity index (χ4n) is 2.27. The summed E-state index contributed by atoms with van der Waals surface area (Å²) in [5.41, 5.74) is 0.0992. The summed E-state index contributed by atoms with van der Waals surface area (Å²) >= 11 is 5.82. The van der Waals surface area contributed by atoms with Gasteiger partial charge in [-0.25, -0.2) is 8.42 Å². The van der Waals surface area contributed by atoms with E-state index in [9.17, 15) is 13.2 Å². The zero-order valence-corrected chi connectivity index (χ0v) is 11.9. The molecule has 0 bridgehead atoms. The van der Waals surface area contributed by atoms with Gasteiger partial charge in [-0.3, -0.25) is 4.79 Å². The van der Waals surface area contributed by atoms with Gasteiger partial charge < -0.3 is 5.11 Å². The first-order chi connectivity index (χ1) is 8.80. The van der Waals surface area contributed by atoms with Gasteiger partial charge >= 0.3 is 5.97 Å². The number of halogens is 1. The Morgan fingerprint density at radius 3 is 2.58 bits per heavy atom. The number of hydrogen-bond acceptors (Lipinski definition) is 3. The van der Waals surface area contributed by atoms with E-state index < -0.39 is 21.2 Å². The van der Waals surface area contributed by atoms with Crippen molar-refractivity contribution in [1.82, 2.24) is 0 Å². The number of carboxylic acid groups (broad SMARTS) is 1. The Morgan fingerprint density at radius 2 is 2.05 bits per heavy atom. The van der Waals surface area contributed by atoms with Crippen LogP contribution in [0.5, 0.6) is 0 Å². The summed E-state index contributed by atoms with van der Waals surface area (Å²) in [6.45, 7) is 0. The molecule has 1 aromatic carbocycles. The van der Waals surface area contributed by atoms with Crippen molar-refractivity contribution in [3.63, 3.8) is 0 Å². The van der Waals surface area contributed by atoms with E-state index in [2.05, 4.69) is 0 Å². The summed E-state index contributed by atoms with van der Waals surface area (Å²) in [6.07, 6.45) is 1.28. The molecule has 1 aliphatic rings. The molecule has 1 saturated carbocycles. The quantitative estimate of drug-likeness (QED) is 0.876. The SMILES string of the molecule is O=C(O)CC1(CS(=O)(=O)Cc2cccc(Cl)c2)CC1. The Hall–Kier alpha value is -1.07. The molecule has 0 aliphatic heterocycles. The van der Waals surface area contributed by atoms with Gasteiger partial charge in [0.25, 0.3) is 0 Å². The normalized spacial score (nSPS) is 17.1. The zero-order valence-electron chi connectivity index (χ0n) is 10.3. The van der Waals surface area contributed by atoms with Crippen molar-refractivity contribution in [2.24, 2.45) is 5.41 Å². The zero-order chi connectivity index (χ0) is 14.1. The van der Waals surface area contributed by atoms with E-state index in [4.69, 9.17) is 16.7 Å². The highest BCUT2D eigenvalue weighted by molar-refractivity contribution is 7.90. The molecule has 0 atom stereocenters. The monoisotopic (exact) mass is 302 g/mol. The Balaban J connectivity index is 2.05. The predicted octanol–water partition coefficient (Wildman–Crippen LogP) is 2.51. The van der Waals surface area contributed by atoms with Crippen molar-refractivity contribution in [1.29, 1.82) is 0 Å². The minimum atomic E-state index is -3.31. The lowest BCUT2D eigenvalue weighted by atomic mass is 10.1. The van der Waals surface area contributed by atoms with Crippen molar-refractivity contribution in [3.05, 3.63) is 34.9 Å². The number of carboxylic acids is 1. The summed E-state index contributed by atoms with van der Waals surface area (Å²) < 4.78 is 24.2. The first-order valence-corrected chi connectivity index (χ1v) is 8.17. The van der Waals surface area contributed by atoms with Gasteiger partial charge in [0.15, 0.2) is 9.84 Å². The van der Waals surface area contributed by atoms with Crippen molar-refractivity contribution in [2.45, 2.75) is 25.0 Å². The number of carbonyl (C=O) groups is 1. The Kier molecular flexibility index (Phi) is 3.87. The molecule has 104 valence electrons. The molecule has 6 heteroatoms. The minimum Gasteiger partial charge on any atom is -0.481 e. The molecule has 0 spiro atoms. The maximum Gasteiger partial charge on any atom is 0.303 e. The summed E-state index contributed by atoms with van der Waals surface area (Å²) in [5.74, 6) is -1.08. The van der Waals surface area contributed by atoms with Crippen molar-refractivity contribution in [2.75, 3.05) is 5.75 Å². The van der Waals surface area contributed by atoms with Gasteiger partial charge in [0, 0.05) is 5.02 Å². The number of hydrogen-bond donors (Lipinski definition) is 1. The van der Waals surface area contributed by atoms with Gasteiger partial charge in [-0.05, 0) is 36.0 Å². The van der Waals surface area contributed by atoms with Crippen LogP contribution in [0.2, 0.25) is 5.02 Å². The van der Waals surface area contributed by atoms with E-state index in [1.807, 2.05) is 0 Å². The molecule has 19 heavy (non-hydrogen) atoms. The number of rotatable bonds is 6. The van der Waals surface area contributed by atoms with E-state index >= 15 is 0 Å². The molecule has 0 saturated heterocycles. The van der Waals surface area contributed by atoms with E-state index in [-0.39, 0.29) is 17.9 Å². The van der Waals surface area contributed by atoms with Crippen LogP contribution in [0.3, 0.4) is 0 Å². The van der Waals surface area contributed by atoms with E-state index in [0.717, 1.165) is 0 Å². The molecule has 1 N–H and O–H groups in total. The van der Waals surface area contributed by atoms with Crippen LogP contribution in [-0.4, -0.2) is 25.2 Å². The summed E-state index contributed by atoms with van der Waals surface area (Å²) in [4.78, 5) is 10.7. The maximum absolute atomic E-state index is 12.1. The highest BCUT2D eigenvalue weighted by Gasteiger charge is 2.47. The second-order valence-electron chi connectivity index (χ2n) is 5.23. The predicted molar refractivity (Wildman–Crippen MR) is 72.9 cm³/mol. The van der Waals surface area contributed by atoms with Crippen molar-refractivity contribution in [3.8, 4) is 0 Å². The molecule has 2 rings (SSSR count). The van der Waals surface area contributed by atoms with Crippen molar-refractivity contribution >= 4 is 27.4 Å². The fraction of sp³-hybridized carbons (Fsp3) is 0.462. The van der Waals surface area contributed by atoms with Crippen LogP contribution in [0.1, 0.15) is 24.8 Å². The lowest BCUT2D eigenvalue weighted by molar-refractivity contribution is -0.138. The molecular formula is C13H15ClO4S. The minimum absolute atomic E-state index is 0.0567. The molecule has 0 amide bonds. The van der Waals surface area contributed by atoms with Crippen LogP contribution in [0.15, 0.2) is 24.3 Å². The van der Waals surface area contributed by atoms with Crippen LogP contribution in [0, 0.1) is 5.41 Å². The fourth-order valence-corrected chi connectivity index (χ4v) is 4.59. The van der Waals surface area contributed by atoms with Crippen LogP contribution in [0.25, 0.3) is 0 Å². The number of benzene rings is 1. The first kappa shape index (κ1) is 14.3. The van der Waals surface area contributed by atoms with E-state index in [0.29, 0.717) is 23.4 Å². The Bertz CT molecular complexity index is 590. The number of aliphatic carboxylic acids is 1. The Morgan fingerprint density at radius 1 is 1.37 bits per heavy atom. The standard InChI is InChI=1S/C13H15ClO4S/c14-11-3-1-2-10(6-11)8-19(17,18)9-13(4-5-13)7-12(15)16/h1-3,6H,4-5,7-9H2,(H,15,16). The van der Waals surface area contributed by atoms with Gasteiger partial charge in [-0.15, -0.1) is 0 Å². The highest BCUT2D eigenvalue weighted by Crippen LogP contribution is 2.50. The largest absolute Gasteiger partial charge is 0.481 e. The average molecular weight is 303 g/mol. The molecule has 1 fully saturated rings. The Labute approximate surface area is 117 Å². The second-order valence-corrected chi connectivity index (χ2v) is 7.73. The van der Waals surface area contributed by atoms with E-state index in [1.54, 1.807) is 24.3 Å². The third-order valence-corrected chi connectivity index (χ3v) is 5.35. The van der Waals surface area contributed by atoms with Gasteiger partial charge in [-0.2, -0.15) is 0 Å². The third-order valence-electron chi connectivity index (χ3n) is 3.29. The molecule has 0 unspecified atom stereocenters. The molecule has 1 aromatic rings. The lowest BCUT2D eigenvalue weighted by Crippen LogP contribution is -2.21. The summed E-state index contributed by atoms with van der Waals surface area (Å²) in [6, 6.07) is 6.72. The lowest BCUT2D eigenvalue weighted by Gasteiger charge is -2.13. The van der Waals surface area contributed by atoms with Crippen molar-refractivity contribution < 1.29 is 18.3 Å². The van der Waals surface area contributed by atoms with Crippen LogP contribution in [-0.2, 0) is 20.4 Å². The molecule has 0 aromatic heterocycles. The van der Waals surface area contributed by atoms with Gasteiger partial charge in [0.05, 0.1) is 17.9 Å². The van der Waals surface area contributed by atoms with E-state index in [1.165, 1.54) is 0 Å². The van der Waals surface area contributed by atoms with Crippen LogP contribution < -0.4 is 0 Å². The van der Waals surface area contributed by atoms with Crippen LogP contribution >= 0.6 is 11.6 Å². The maximum atomic E-state index is 12.1. The van der Waals surface area contributed by atoms with Crippen LogP contribution in [0.4, 0.5) is 0 Å². The summed E-state index contributed by atoms with van der Waals surface area (Å²) in [7, 11) is -3.31. The smallest absolute Gasteiger partial charge is 0.303 e. The second kappa shape index (κ2) is 5.13. The first-order valence-electron chi connectivity index (χ1n) is 5.97. The molecule has 4 nitrogen and oxygen atoms in total. The molecule has 1 aliphatic carbocycles. The van der Waals surface area contributed by atoms with Gasteiger partial charge in [0.2, 0.25) is 0 Å². The number of sulfone groups is 1. The third kappa shape index (κ3) is 4.21. The molecular weight excluding hydrogens is 288 g/mol. The molecule has 0 radical (unpaired) electrons. The average Bonchev–Trinajstić information content (AvgIpc) is 2.93. The topological polar surface area (TPSA) is 71.4 Å². The molecule has 0 heterocycles. The van der Waals surface area contributed by atoms with Gasteiger partial charge in [-0.1, -0.05) is 23.7 Å². The summed E-state index contributed by atoms with van der Waals surface area (Å²) in [5, 5.41) is 9.30. The van der Waals surface area contributed by atoms with Gasteiger partial charge in [0.1, 0.15) is 0 Å².